The van der Waals surface area contributed by atoms with Crippen molar-refractivity contribution in [2.75, 3.05) is 0 Å². The van der Waals surface area contributed by atoms with Gasteiger partial charge in [-0.1, -0.05) is 37.3 Å². The van der Waals surface area contributed by atoms with Crippen LogP contribution in [0.2, 0.25) is 0 Å². The molecule has 2 aromatic heterocycles. The average Bonchev–Trinajstić information content (AvgIpc) is 3.05. The maximum Gasteiger partial charge on any atom is 0.160 e. The van der Waals surface area contributed by atoms with Gasteiger partial charge in [0, 0.05) is 29.3 Å². The van der Waals surface area contributed by atoms with Crippen molar-refractivity contribution in [3.05, 3.63) is 93.9 Å². The van der Waals surface area contributed by atoms with Gasteiger partial charge in [-0.15, -0.1) is 0 Å². The van der Waals surface area contributed by atoms with Crippen molar-refractivity contribution in [1.29, 1.82) is 5.26 Å². The number of hydrogen-bond donors (Lipinski definition) is 0. The van der Waals surface area contributed by atoms with E-state index in [0.29, 0.717) is 13.2 Å². The molecule has 3 heterocycles. The summed E-state index contributed by atoms with van der Waals surface area (Å²) >= 11 is 0. The second kappa shape index (κ2) is 8.55. The number of ether oxygens (including phenoxy) is 1. The second-order valence-electron chi connectivity index (χ2n) is 8.58. The molecular weight excluding hydrogens is 408 g/mol. The molecule has 5 rings (SSSR count). The van der Waals surface area contributed by atoms with Gasteiger partial charge in [-0.2, -0.15) is 5.26 Å². The minimum Gasteiger partial charge on any atom is -0.488 e. The highest BCUT2D eigenvalue weighted by molar-refractivity contribution is 5.86. The van der Waals surface area contributed by atoms with Crippen LogP contribution in [0.25, 0.3) is 16.7 Å². The number of aryl methyl sites for hydroxylation is 3. The summed E-state index contributed by atoms with van der Waals surface area (Å²) in [6, 6.07) is 18.6. The number of allylic oxidation sites excluding steroid dienone is 1. The summed E-state index contributed by atoms with van der Waals surface area (Å²) in [7, 11) is 0. The van der Waals surface area contributed by atoms with Gasteiger partial charge in [0.2, 0.25) is 0 Å². The summed E-state index contributed by atoms with van der Waals surface area (Å²) in [5.74, 6) is 1.87. The van der Waals surface area contributed by atoms with Crippen molar-refractivity contribution < 1.29 is 4.74 Å². The highest BCUT2D eigenvalue weighted by Crippen LogP contribution is 2.37. The molecule has 0 radical (unpaired) electrons. The first kappa shape index (κ1) is 21.0. The lowest BCUT2D eigenvalue weighted by molar-refractivity contribution is 0.307. The predicted octanol–water partition coefficient (Wildman–Crippen LogP) is 5.90. The van der Waals surface area contributed by atoms with Crippen LogP contribution in [-0.2, 0) is 19.6 Å². The molecule has 0 bridgehead atoms. The highest BCUT2D eigenvalue weighted by Gasteiger charge is 2.20. The molecule has 0 unspecified atom stereocenters. The SMILES string of the molecule is CCCc1nc2c(C)cc(C)nc2n1Cc1ccc2c(c1)COc1ccccc1/C2=C\C#N. The van der Waals surface area contributed by atoms with E-state index in [-0.39, 0.29) is 0 Å². The normalized spacial score (nSPS) is 13.8. The Morgan fingerprint density at radius 3 is 2.76 bits per heavy atom. The van der Waals surface area contributed by atoms with E-state index in [2.05, 4.69) is 48.7 Å². The molecule has 33 heavy (non-hydrogen) atoms. The average molecular weight is 435 g/mol. The fraction of sp³-hybridized carbons (Fsp3) is 0.250. The van der Waals surface area contributed by atoms with Gasteiger partial charge in [-0.3, -0.25) is 0 Å². The molecule has 5 nitrogen and oxygen atoms in total. The number of aromatic nitrogens is 3. The van der Waals surface area contributed by atoms with Gasteiger partial charge in [0.05, 0.1) is 12.6 Å². The Balaban J connectivity index is 1.59. The predicted molar refractivity (Wildman–Crippen MR) is 130 cm³/mol. The topological polar surface area (TPSA) is 63.7 Å². The van der Waals surface area contributed by atoms with Crippen molar-refractivity contribution in [3.63, 3.8) is 0 Å². The zero-order chi connectivity index (χ0) is 22.9. The van der Waals surface area contributed by atoms with Gasteiger partial charge < -0.3 is 9.30 Å². The van der Waals surface area contributed by atoms with Crippen LogP contribution in [-0.4, -0.2) is 14.5 Å². The molecule has 0 spiro atoms. The molecule has 0 N–H and O–H groups in total. The number of pyridine rings is 1. The Morgan fingerprint density at radius 1 is 1.09 bits per heavy atom. The van der Waals surface area contributed by atoms with Crippen LogP contribution in [0.4, 0.5) is 0 Å². The van der Waals surface area contributed by atoms with Crippen molar-refractivity contribution >= 4 is 16.7 Å². The van der Waals surface area contributed by atoms with E-state index in [9.17, 15) is 5.26 Å². The highest BCUT2D eigenvalue weighted by atomic mass is 16.5. The molecule has 1 aliphatic rings. The van der Waals surface area contributed by atoms with Gasteiger partial charge in [0.15, 0.2) is 5.65 Å². The quantitative estimate of drug-likeness (QED) is 0.375. The van der Waals surface area contributed by atoms with E-state index in [1.165, 1.54) is 0 Å². The third-order valence-corrected chi connectivity index (χ3v) is 6.14. The number of rotatable bonds is 4. The zero-order valence-corrected chi connectivity index (χ0v) is 19.2. The lowest BCUT2D eigenvalue weighted by Gasteiger charge is -2.13. The van der Waals surface area contributed by atoms with Gasteiger partial charge in [-0.05, 0) is 60.7 Å². The summed E-state index contributed by atoms with van der Waals surface area (Å²) in [6.45, 7) is 7.47. The fourth-order valence-electron chi connectivity index (χ4n) is 4.67. The molecule has 4 aromatic rings. The molecule has 0 amide bonds. The van der Waals surface area contributed by atoms with E-state index in [1.54, 1.807) is 6.08 Å². The lowest BCUT2D eigenvalue weighted by Crippen LogP contribution is -2.07. The number of hydrogen-bond acceptors (Lipinski definition) is 4. The summed E-state index contributed by atoms with van der Waals surface area (Å²) in [5.41, 5.74) is 9.22. The maximum absolute atomic E-state index is 9.43. The number of para-hydroxylation sites is 1. The number of benzene rings is 2. The number of fused-ring (bicyclic) bond motifs is 3. The summed E-state index contributed by atoms with van der Waals surface area (Å²) in [6.07, 6.45) is 3.55. The summed E-state index contributed by atoms with van der Waals surface area (Å²) in [5, 5.41) is 9.43. The molecule has 0 saturated heterocycles. The molecule has 0 atom stereocenters. The van der Waals surface area contributed by atoms with Gasteiger partial charge in [0.1, 0.15) is 23.7 Å². The zero-order valence-electron chi connectivity index (χ0n) is 19.2. The Labute approximate surface area is 194 Å². The largest absolute Gasteiger partial charge is 0.488 e. The van der Waals surface area contributed by atoms with Crippen LogP contribution in [0.5, 0.6) is 5.75 Å². The molecule has 164 valence electrons. The van der Waals surface area contributed by atoms with Crippen molar-refractivity contribution in [2.24, 2.45) is 0 Å². The van der Waals surface area contributed by atoms with Crippen LogP contribution in [0.3, 0.4) is 0 Å². The van der Waals surface area contributed by atoms with Gasteiger partial charge in [0.25, 0.3) is 0 Å². The molecule has 0 fully saturated rings. The molecule has 2 aromatic carbocycles. The van der Waals surface area contributed by atoms with E-state index in [4.69, 9.17) is 14.7 Å². The van der Waals surface area contributed by atoms with Crippen LogP contribution < -0.4 is 4.74 Å². The number of nitriles is 1. The lowest BCUT2D eigenvalue weighted by atomic mass is 9.93. The fourth-order valence-corrected chi connectivity index (χ4v) is 4.67. The van der Waals surface area contributed by atoms with Crippen LogP contribution in [0, 0.1) is 25.2 Å². The maximum atomic E-state index is 9.43. The minimum absolute atomic E-state index is 0.464. The Hall–Kier alpha value is -3.91. The monoisotopic (exact) mass is 434 g/mol. The Morgan fingerprint density at radius 2 is 1.94 bits per heavy atom. The van der Waals surface area contributed by atoms with Crippen LogP contribution >= 0.6 is 0 Å². The molecule has 1 aliphatic heterocycles. The van der Waals surface area contributed by atoms with E-state index in [1.807, 2.05) is 31.2 Å². The summed E-state index contributed by atoms with van der Waals surface area (Å²) in [4.78, 5) is 9.77. The van der Waals surface area contributed by atoms with Crippen LogP contribution in [0.15, 0.2) is 54.6 Å². The smallest absolute Gasteiger partial charge is 0.160 e. The third-order valence-electron chi connectivity index (χ3n) is 6.14. The van der Waals surface area contributed by atoms with Gasteiger partial charge >= 0.3 is 0 Å². The minimum atomic E-state index is 0.464. The first-order valence-electron chi connectivity index (χ1n) is 11.4. The van der Waals surface area contributed by atoms with E-state index < -0.39 is 0 Å². The summed E-state index contributed by atoms with van der Waals surface area (Å²) < 4.78 is 8.37. The third kappa shape index (κ3) is 3.78. The first-order valence-corrected chi connectivity index (χ1v) is 11.4. The van der Waals surface area contributed by atoms with E-state index in [0.717, 1.165) is 74.7 Å². The van der Waals surface area contributed by atoms with Crippen LogP contribution in [0.1, 0.15) is 52.7 Å². The molecule has 0 aliphatic carbocycles. The molecular formula is C28H26N4O. The van der Waals surface area contributed by atoms with Crippen molar-refractivity contribution in [3.8, 4) is 11.8 Å². The Kier molecular flexibility index (Phi) is 5.43. The second-order valence-corrected chi connectivity index (χ2v) is 8.58. The standard InChI is InChI=1S/C28H26N4O/c1-4-7-26-31-27-18(2)14-19(3)30-28(27)32(26)16-20-10-11-22-21(15-20)17-33-25-9-6-5-8-24(25)23(22)12-13-29/h5-6,8-12,14-15H,4,7,16-17H2,1-3H3/b23-12-. The number of nitrogens with zero attached hydrogens (tertiary/aromatic N) is 4. The molecule has 5 heteroatoms. The Bertz CT molecular complexity index is 1440. The number of imidazole rings is 1. The van der Waals surface area contributed by atoms with Crippen molar-refractivity contribution in [2.45, 2.75) is 46.8 Å². The van der Waals surface area contributed by atoms with Crippen molar-refractivity contribution in [1.82, 2.24) is 14.5 Å². The van der Waals surface area contributed by atoms with E-state index >= 15 is 0 Å². The molecule has 0 saturated carbocycles. The van der Waals surface area contributed by atoms with Gasteiger partial charge in [-0.25, -0.2) is 9.97 Å². The first-order chi connectivity index (χ1) is 16.1.